The maximum absolute atomic E-state index is 11.6. The van der Waals surface area contributed by atoms with Gasteiger partial charge in [-0.05, 0) is 24.3 Å². The second-order valence-electron chi connectivity index (χ2n) is 3.55. The number of nitrogens with one attached hydrogen (secondary N) is 1. The van der Waals surface area contributed by atoms with Crippen LogP contribution in [0.3, 0.4) is 0 Å². The van der Waals surface area contributed by atoms with Gasteiger partial charge < -0.3 is 9.73 Å². The molecule has 0 fully saturated rings. The number of hydrogen-bond donors (Lipinski definition) is 1. The van der Waals surface area contributed by atoms with Gasteiger partial charge in [0.05, 0.1) is 12.1 Å². The van der Waals surface area contributed by atoms with E-state index < -0.39 is 0 Å². The molecule has 0 aliphatic heterocycles. The highest BCUT2D eigenvalue weighted by atomic mass is 79.9. The van der Waals surface area contributed by atoms with Crippen molar-refractivity contribution in [2.75, 3.05) is 6.54 Å². The Morgan fingerprint density at radius 2 is 2.24 bits per heavy atom. The van der Waals surface area contributed by atoms with Crippen molar-refractivity contribution < 1.29 is 4.42 Å². The van der Waals surface area contributed by atoms with Crippen LogP contribution in [-0.4, -0.2) is 6.54 Å². The lowest BCUT2D eigenvalue weighted by molar-refractivity contribution is 0.544. The quantitative estimate of drug-likeness (QED) is 0.536. The molecule has 1 aromatic carbocycles. The molecule has 1 aromatic heterocycles. The molecule has 0 unspecified atom stereocenters. The van der Waals surface area contributed by atoms with E-state index >= 15 is 0 Å². The fraction of sp³-hybridized carbons (Fsp3) is 0.154. The normalized spacial score (nSPS) is 10.4. The van der Waals surface area contributed by atoms with Crippen LogP contribution in [-0.2, 0) is 6.54 Å². The smallest absolute Gasteiger partial charge is 0.340 e. The summed E-state index contributed by atoms with van der Waals surface area (Å²) < 4.78 is 6.16. The molecule has 0 amide bonds. The SMILES string of the molecule is C#CCNCc1cc2cc(Br)ccc2oc1=O. The minimum absolute atomic E-state index is 0.329. The van der Waals surface area contributed by atoms with Gasteiger partial charge in [0.2, 0.25) is 0 Å². The Labute approximate surface area is 107 Å². The molecule has 86 valence electrons. The summed E-state index contributed by atoms with van der Waals surface area (Å²) in [5.41, 5.74) is 0.828. The van der Waals surface area contributed by atoms with E-state index in [9.17, 15) is 4.79 Å². The molecule has 0 aliphatic rings. The van der Waals surface area contributed by atoms with Crippen LogP contribution in [0.1, 0.15) is 5.56 Å². The van der Waals surface area contributed by atoms with Crippen LogP contribution in [0.4, 0.5) is 0 Å². The fourth-order valence-electron chi connectivity index (χ4n) is 1.53. The summed E-state index contributed by atoms with van der Waals surface area (Å²) >= 11 is 3.38. The van der Waals surface area contributed by atoms with Gasteiger partial charge in [-0.2, -0.15) is 0 Å². The fourth-order valence-corrected chi connectivity index (χ4v) is 1.91. The van der Waals surface area contributed by atoms with Crippen LogP contribution >= 0.6 is 15.9 Å². The molecule has 3 nitrogen and oxygen atoms in total. The second-order valence-corrected chi connectivity index (χ2v) is 4.46. The van der Waals surface area contributed by atoms with Crippen molar-refractivity contribution in [1.29, 1.82) is 0 Å². The number of halogens is 1. The molecule has 0 aliphatic carbocycles. The first kappa shape index (κ1) is 11.9. The molecule has 2 rings (SSSR count). The van der Waals surface area contributed by atoms with Gasteiger partial charge in [0.25, 0.3) is 0 Å². The van der Waals surface area contributed by atoms with Crippen LogP contribution < -0.4 is 10.9 Å². The van der Waals surface area contributed by atoms with E-state index in [1.807, 2.05) is 18.2 Å². The van der Waals surface area contributed by atoms with E-state index in [-0.39, 0.29) is 5.63 Å². The molecule has 0 atom stereocenters. The van der Waals surface area contributed by atoms with Gasteiger partial charge in [-0.15, -0.1) is 6.42 Å². The van der Waals surface area contributed by atoms with Gasteiger partial charge in [-0.1, -0.05) is 21.9 Å². The Bertz CT molecular complexity index is 640. The summed E-state index contributed by atoms with van der Waals surface area (Å²) in [5.74, 6) is 2.45. The molecule has 2 aromatic rings. The van der Waals surface area contributed by atoms with E-state index in [4.69, 9.17) is 10.8 Å². The topological polar surface area (TPSA) is 42.2 Å². The number of benzene rings is 1. The van der Waals surface area contributed by atoms with Gasteiger partial charge >= 0.3 is 5.63 Å². The zero-order valence-electron chi connectivity index (χ0n) is 9.00. The Kier molecular flexibility index (Phi) is 3.62. The third-order valence-electron chi connectivity index (χ3n) is 2.31. The van der Waals surface area contributed by atoms with Crippen molar-refractivity contribution in [3.8, 4) is 12.3 Å². The lowest BCUT2D eigenvalue weighted by Gasteiger charge is -2.02. The number of hydrogen-bond acceptors (Lipinski definition) is 3. The minimum atomic E-state index is -0.329. The average Bonchev–Trinajstić information content (AvgIpc) is 2.31. The monoisotopic (exact) mass is 291 g/mol. The molecule has 1 N–H and O–H groups in total. The van der Waals surface area contributed by atoms with Crippen LogP contribution in [0.2, 0.25) is 0 Å². The molecule has 17 heavy (non-hydrogen) atoms. The summed E-state index contributed by atoms with van der Waals surface area (Å²) in [6, 6.07) is 7.32. The second kappa shape index (κ2) is 5.17. The minimum Gasteiger partial charge on any atom is -0.422 e. The van der Waals surface area contributed by atoms with Gasteiger partial charge in [0.15, 0.2) is 0 Å². The summed E-state index contributed by atoms with van der Waals surface area (Å²) in [7, 11) is 0. The van der Waals surface area contributed by atoms with Gasteiger partial charge in [-0.3, -0.25) is 0 Å². The third-order valence-corrected chi connectivity index (χ3v) is 2.80. The molecule has 4 heteroatoms. The summed E-state index contributed by atoms with van der Waals surface area (Å²) in [6.45, 7) is 0.838. The molecule has 1 heterocycles. The van der Waals surface area contributed by atoms with Crippen LogP contribution in [0.15, 0.2) is 37.9 Å². The van der Waals surface area contributed by atoms with E-state index in [0.29, 0.717) is 24.2 Å². The molecular weight excluding hydrogens is 282 g/mol. The maximum atomic E-state index is 11.6. The molecule has 0 saturated heterocycles. The highest BCUT2D eigenvalue weighted by Crippen LogP contribution is 2.19. The zero-order valence-corrected chi connectivity index (χ0v) is 10.6. The third kappa shape index (κ3) is 2.76. The largest absolute Gasteiger partial charge is 0.422 e. The van der Waals surface area contributed by atoms with Crippen LogP contribution in [0.25, 0.3) is 11.0 Å². The number of terminal acetylenes is 1. The Hall–Kier alpha value is -1.57. The van der Waals surface area contributed by atoms with Crippen molar-refractivity contribution in [2.24, 2.45) is 0 Å². The predicted octanol–water partition coefficient (Wildman–Crippen LogP) is 2.28. The van der Waals surface area contributed by atoms with Crippen LogP contribution in [0, 0.1) is 12.3 Å². The van der Waals surface area contributed by atoms with E-state index in [1.54, 1.807) is 6.07 Å². The summed E-state index contributed by atoms with van der Waals surface area (Å²) in [4.78, 5) is 11.6. The molecule has 0 spiro atoms. The van der Waals surface area contributed by atoms with E-state index in [1.165, 1.54) is 0 Å². The molecule has 0 radical (unpaired) electrons. The molecule has 0 saturated carbocycles. The molecular formula is C13H10BrNO2. The zero-order chi connectivity index (χ0) is 12.3. The van der Waals surface area contributed by atoms with Crippen molar-refractivity contribution >= 4 is 26.9 Å². The first-order valence-corrected chi connectivity index (χ1v) is 5.86. The molecule has 0 bridgehead atoms. The average molecular weight is 292 g/mol. The lowest BCUT2D eigenvalue weighted by atomic mass is 10.2. The predicted molar refractivity (Wildman–Crippen MR) is 70.7 cm³/mol. The highest BCUT2D eigenvalue weighted by molar-refractivity contribution is 9.10. The van der Waals surface area contributed by atoms with Crippen molar-refractivity contribution in [2.45, 2.75) is 6.54 Å². The first-order chi connectivity index (χ1) is 8.20. The Balaban J connectivity index is 2.40. The number of rotatable bonds is 3. The van der Waals surface area contributed by atoms with Crippen molar-refractivity contribution in [3.63, 3.8) is 0 Å². The van der Waals surface area contributed by atoms with E-state index in [2.05, 4.69) is 27.2 Å². The van der Waals surface area contributed by atoms with Crippen molar-refractivity contribution in [1.82, 2.24) is 5.32 Å². The van der Waals surface area contributed by atoms with Crippen molar-refractivity contribution in [3.05, 3.63) is 44.7 Å². The van der Waals surface area contributed by atoms with Gasteiger partial charge in [0.1, 0.15) is 5.58 Å². The van der Waals surface area contributed by atoms with Crippen LogP contribution in [0.5, 0.6) is 0 Å². The summed E-state index contributed by atoms with van der Waals surface area (Å²) in [5, 5.41) is 3.85. The number of fused-ring (bicyclic) bond motifs is 1. The maximum Gasteiger partial charge on any atom is 0.340 e. The van der Waals surface area contributed by atoms with Gasteiger partial charge in [0, 0.05) is 16.4 Å². The summed E-state index contributed by atoms with van der Waals surface area (Å²) in [6.07, 6.45) is 5.12. The van der Waals surface area contributed by atoms with E-state index in [0.717, 1.165) is 9.86 Å². The Morgan fingerprint density at radius 3 is 3.00 bits per heavy atom. The van der Waals surface area contributed by atoms with Gasteiger partial charge in [-0.25, -0.2) is 4.79 Å². The standard InChI is InChI=1S/C13H10BrNO2/c1-2-5-15-8-10-6-9-7-11(14)3-4-12(9)17-13(10)16/h1,3-4,6-7,15H,5,8H2. The highest BCUT2D eigenvalue weighted by Gasteiger charge is 2.04. The lowest BCUT2D eigenvalue weighted by Crippen LogP contribution is -2.19. The Morgan fingerprint density at radius 1 is 1.41 bits per heavy atom. The first-order valence-electron chi connectivity index (χ1n) is 5.07.